The van der Waals surface area contributed by atoms with Crippen LogP contribution in [0, 0.1) is 0 Å². The van der Waals surface area contributed by atoms with E-state index in [0.717, 1.165) is 5.69 Å². The van der Waals surface area contributed by atoms with E-state index in [4.69, 9.17) is 5.73 Å². The number of nitrogens with zero attached hydrogens (tertiary/aromatic N) is 1. The summed E-state index contributed by atoms with van der Waals surface area (Å²) >= 11 is 1.71. The summed E-state index contributed by atoms with van der Waals surface area (Å²) in [4.78, 5) is 4.46. The maximum Gasteiger partial charge on any atom is 0.0959 e. The Hall–Kier alpha value is -0.450. The van der Waals surface area contributed by atoms with Crippen LogP contribution in [-0.4, -0.2) is 22.7 Å². The van der Waals surface area contributed by atoms with Gasteiger partial charge in [-0.25, -0.2) is 4.98 Å². The second-order valence-electron chi connectivity index (χ2n) is 3.55. The molecule has 1 aromatic rings. The van der Waals surface area contributed by atoms with E-state index in [1.54, 1.807) is 11.3 Å². The number of thiazole rings is 1. The van der Waals surface area contributed by atoms with Crippen LogP contribution in [0.3, 0.4) is 0 Å². The van der Waals surface area contributed by atoms with Crippen LogP contribution in [0.4, 0.5) is 0 Å². The van der Waals surface area contributed by atoms with Gasteiger partial charge in [0.1, 0.15) is 0 Å². The Morgan fingerprint density at radius 2 is 2.46 bits per heavy atom. The summed E-state index contributed by atoms with van der Waals surface area (Å²) in [6.45, 7) is 0.316. The van der Waals surface area contributed by atoms with Crippen molar-refractivity contribution in [3.05, 3.63) is 16.1 Å². The molecule has 1 unspecified atom stereocenters. The van der Waals surface area contributed by atoms with Crippen molar-refractivity contribution in [2.45, 2.75) is 31.3 Å². The largest absolute Gasteiger partial charge is 0.391 e. The molecule has 0 bridgehead atoms. The summed E-state index contributed by atoms with van der Waals surface area (Å²) in [6, 6.07) is 0. The van der Waals surface area contributed by atoms with E-state index in [-0.39, 0.29) is 0 Å². The summed E-state index contributed by atoms with van der Waals surface area (Å²) in [5.74, 6) is 0.716. The Balaban J connectivity index is 1.96. The number of aliphatic hydroxyl groups excluding tert-OH is 1. The molecule has 0 spiro atoms. The van der Waals surface area contributed by atoms with Crippen molar-refractivity contribution >= 4 is 11.3 Å². The van der Waals surface area contributed by atoms with Gasteiger partial charge in [-0.3, -0.25) is 0 Å². The third kappa shape index (κ3) is 2.27. The van der Waals surface area contributed by atoms with Gasteiger partial charge >= 0.3 is 0 Å². The van der Waals surface area contributed by atoms with Gasteiger partial charge in [0, 0.05) is 24.3 Å². The Bertz CT molecular complexity index is 283. The van der Waals surface area contributed by atoms with E-state index in [2.05, 4.69) is 4.98 Å². The maximum absolute atomic E-state index is 9.31. The van der Waals surface area contributed by atoms with Crippen LogP contribution >= 0.6 is 11.3 Å². The van der Waals surface area contributed by atoms with Crippen LogP contribution in [0.15, 0.2) is 5.38 Å². The molecule has 3 N–H and O–H groups in total. The quantitative estimate of drug-likeness (QED) is 0.755. The molecule has 1 heterocycles. The predicted octanol–water partition coefficient (Wildman–Crippen LogP) is 0.883. The van der Waals surface area contributed by atoms with E-state index >= 15 is 0 Å². The zero-order valence-corrected chi connectivity index (χ0v) is 8.26. The van der Waals surface area contributed by atoms with Crippen molar-refractivity contribution < 1.29 is 5.11 Å². The molecule has 0 radical (unpaired) electrons. The zero-order chi connectivity index (χ0) is 9.26. The van der Waals surface area contributed by atoms with Gasteiger partial charge in [0.2, 0.25) is 0 Å². The molecule has 1 fully saturated rings. The molecule has 13 heavy (non-hydrogen) atoms. The van der Waals surface area contributed by atoms with Crippen molar-refractivity contribution in [2.75, 3.05) is 6.54 Å². The minimum absolute atomic E-state index is 0.316. The van der Waals surface area contributed by atoms with Crippen LogP contribution in [0.2, 0.25) is 0 Å². The van der Waals surface area contributed by atoms with Crippen molar-refractivity contribution in [3.8, 4) is 0 Å². The molecule has 72 valence electrons. The van der Waals surface area contributed by atoms with E-state index in [9.17, 15) is 5.11 Å². The van der Waals surface area contributed by atoms with Gasteiger partial charge in [-0.05, 0) is 12.8 Å². The topological polar surface area (TPSA) is 59.1 Å². The number of hydrogen-bond donors (Lipinski definition) is 2. The third-order valence-electron chi connectivity index (χ3n) is 2.21. The lowest BCUT2D eigenvalue weighted by atomic mass is 10.2. The Morgan fingerprint density at radius 1 is 1.69 bits per heavy atom. The first-order valence-electron chi connectivity index (χ1n) is 4.62. The molecule has 4 heteroatoms. The zero-order valence-electron chi connectivity index (χ0n) is 7.44. The van der Waals surface area contributed by atoms with Gasteiger partial charge in [-0.2, -0.15) is 0 Å². The number of nitrogens with two attached hydrogens (primary N) is 1. The molecule has 1 atom stereocenters. The van der Waals surface area contributed by atoms with E-state index < -0.39 is 6.10 Å². The van der Waals surface area contributed by atoms with Crippen LogP contribution in [-0.2, 0) is 6.42 Å². The molecule has 0 aliphatic heterocycles. The minimum atomic E-state index is -0.436. The second-order valence-corrected chi connectivity index (χ2v) is 4.43. The van der Waals surface area contributed by atoms with Gasteiger partial charge in [0.05, 0.1) is 16.8 Å². The lowest BCUT2D eigenvalue weighted by Crippen LogP contribution is -2.22. The summed E-state index contributed by atoms with van der Waals surface area (Å²) in [7, 11) is 0. The molecule has 1 aliphatic rings. The highest BCUT2D eigenvalue weighted by molar-refractivity contribution is 7.09. The number of rotatable bonds is 4. The molecule has 1 aliphatic carbocycles. The highest BCUT2D eigenvalue weighted by Gasteiger charge is 2.26. The van der Waals surface area contributed by atoms with Crippen molar-refractivity contribution in [3.63, 3.8) is 0 Å². The van der Waals surface area contributed by atoms with Gasteiger partial charge in [-0.15, -0.1) is 11.3 Å². The molecular weight excluding hydrogens is 184 g/mol. The lowest BCUT2D eigenvalue weighted by Gasteiger charge is -2.03. The molecule has 0 saturated heterocycles. The van der Waals surface area contributed by atoms with Crippen molar-refractivity contribution in [1.29, 1.82) is 0 Å². The summed E-state index contributed by atoms with van der Waals surface area (Å²) in [5, 5.41) is 12.6. The number of hydrogen-bond acceptors (Lipinski definition) is 4. The van der Waals surface area contributed by atoms with E-state index in [0.29, 0.717) is 18.9 Å². The smallest absolute Gasteiger partial charge is 0.0959 e. The molecule has 3 nitrogen and oxygen atoms in total. The number of aliphatic hydroxyl groups is 1. The van der Waals surface area contributed by atoms with Gasteiger partial charge in [-0.1, -0.05) is 0 Å². The molecule has 0 aromatic carbocycles. The van der Waals surface area contributed by atoms with Crippen molar-refractivity contribution in [1.82, 2.24) is 4.98 Å². The first kappa shape index (κ1) is 9.12. The Morgan fingerprint density at radius 3 is 3.08 bits per heavy atom. The fourth-order valence-corrected chi connectivity index (χ4v) is 2.26. The maximum atomic E-state index is 9.31. The van der Waals surface area contributed by atoms with Crippen LogP contribution in [0.25, 0.3) is 0 Å². The average Bonchev–Trinajstić information content (AvgIpc) is 2.88. The van der Waals surface area contributed by atoms with Crippen molar-refractivity contribution in [2.24, 2.45) is 5.73 Å². The molecular formula is C9H14N2OS. The highest BCUT2D eigenvalue weighted by atomic mass is 32.1. The average molecular weight is 198 g/mol. The highest BCUT2D eigenvalue weighted by Crippen LogP contribution is 2.41. The van der Waals surface area contributed by atoms with Gasteiger partial charge in [0.25, 0.3) is 0 Å². The third-order valence-corrected chi connectivity index (χ3v) is 3.27. The fraction of sp³-hybridized carbons (Fsp3) is 0.667. The normalized spacial score (nSPS) is 18.9. The van der Waals surface area contributed by atoms with Crippen LogP contribution in [0.1, 0.15) is 29.5 Å². The van der Waals surface area contributed by atoms with E-state index in [1.165, 1.54) is 17.8 Å². The lowest BCUT2D eigenvalue weighted by molar-refractivity contribution is 0.182. The molecule has 0 amide bonds. The molecule has 1 saturated carbocycles. The van der Waals surface area contributed by atoms with Crippen LogP contribution in [0.5, 0.6) is 0 Å². The standard InChI is InChI=1S/C9H14N2OS/c10-4-8(12)3-7-5-13-9(11-7)6-1-2-6/h5-6,8,12H,1-4,10H2. The number of aromatic nitrogens is 1. The SMILES string of the molecule is NCC(O)Cc1csc(C2CC2)n1. The Kier molecular flexibility index (Phi) is 2.62. The summed E-state index contributed by atoms with van der Waals surface area (Å²) in [5.41, 5.74) is 6.32. The predicted molar refractivity (Wildman–Crippen MR) is 52.9 cm³/mol. The fourth-order valence-electron chi connectivity index (χ4n) is 1.26. The summed E-state index contributed by atoms with van der Waals surface area (Å²) in [6.07, 6.45) is 2.73. The first-order chi connectivity index (χ1) is 6.29. The minimum Gasteiger partial charge on any atom is -0.391 e. The van der Waals surface area contributed by atoms with Gasteiger partial charge in [0.15, 0.2) is 0 Å². The van der Waals surface area contributed by atoms with Crippen LogP contribution < -0.4 is 5.73 Å². The molecule has 1 aromatic heterocycles. The second kappa shape index (κ2) is 3.74. The monoisotopic (exact) mass is 198 g/mol. The van der Waals surface area contributed by atoms with Gasteiger partial charge < -0.3 is 10.8 Å². The first-order valence-corrected chi connectivity index (χ1v) is 5.50. The molecule has 2 rings (SSSR count). The summed E-state index contributed by atoms with van der Waals surface area (Å²) < 4.78 is 0. The Labute approximate surface area is 81.6 Å². The van der Waals surface area contributed by atoms with E-state index in [1.807, 2.05) is 5.38 Å².